The summed E-state index contributed by atoms with van der Waals surface area (Å²) < 4.78 is 2.16. The summed E-state index contributed by atoms with van der Waals surface area (Å²) in [6, 6.07) is 0. The number of nitrogens with one attached hydrogen (secondary N) is 1. The Kier molecular flexibility index (Phi) is 5.04. The highest BCUT2D eigenvalue weighted by atomic mass is 16.2. The van der Waals surface area contributed by atoms with Crippen molar-refractivity contribution in [2.24, 2.45) is 0 Å². The van der Waals surface area contributed by atoms with Crippen LogP contribution in [0.1, 0.15) is 30.9 Å². The Morgan fingerprint density at radius 3 is 2.91 bits per heavy atom. The van der Waals surface area contributed by atoms with Crippen molar-refractivity contribution in [3.63, 3.8) is 0 Å². The summed E-state index contributed by atoms with van der Waals surface area (Å²) in [5, 5.41) is 11.4. The molecule has 0 aliphatic carbocycles. The van der Waals surface area contributed by atoms with E-state index in [9.17, 15) is 4.79 Å². The quantitative estimate of drug-likeness (QED) is 0.839. The van der Waals surface area contributed by atoms with Gasteiger partial charge in [0.2, 0.25) is 5.91 Å². The first-order valence-corrected chi connectivity index (χ1v) is 8.31. The molecular weight excluding hydrogens is 280 g/mol. The molecule has 0 bridgehead atoms. The lowest BCUT2D eigenvalue weighted by atomic mass is 10.2. The molecule has 0 radical (unpaired) electrons. The van der Waals surface area contributed by atoms with Crippen LogP contribution in [0.25, 0.3) is 0 Å². The molecule has 1 N–H and O–H groups in total. The van der Waals surface area contributed by atoms with Crippen molar-refractivity contribution in [3.05, 3.63) is 11.6 Å². The summed E-state index contributed by atoms with van der Waals surface area (Å²) in [6.45, 7) is 6.05. The summed E-state index contributed by atoms with van der Waals surface area (Å²) in [6.07, 6.45) is 4.49. The predicted molar refractivity (Wildman–Crippen MR) is 83.4 cm³/mol. The maximum absolute atomic E-state index is 12.1. The lowest BCUT2D eigenvalue weighted by molar-refractivity contribution is -0.122. The molecule has 0 atom stereocenters. The Balaban J connectivity index is 1.47. The van der Waals surface area contributed by atoms with Crippen molar-refractivity contribution in [2.45, 2.75) is 38.8 Å². The molecule has 1 aromatic rings. The van der Waals surface area contributed by atoms with Gasteiger partial charge in [-0.05, 0) is 39.4 Å². The summed E-state index contributed by atoms with van der Waals surface area (Å²) in [7, 11) is 2.14. The minimum absolute atomic E-state index is 0.0812. The van der Waals surface area contributed by atoms with Gasteiger partial charge in [-0.1, -0.05) is 0 Å². The second-order valence-electron chi connectivity index (χ2n) is 6.35. The summed E-state index contributed by atoms with van der Waals surface area (Å²) in [5.41, 5.74) is 0. The lowest BCUT2D eigenvalue weighted by Gasteiger charge is -2.19. The van der Waals surface area contributed by atoms with E-state index in [0.717, 1.165) is 57.2 Å². The highest BCUT2D eigenvalue weighted by Gasteiger charge is 2.18. The second kappa shape index (κ2) is 7.19. The summed E-state index contributed by atoms with van der Waals surface area (Å²) >= 11 is 0. The number of likely N-dealkylation sites (N-methyl/N-ethyl adjacent to an activating group) is 1. The molecule has 0 aromatic carbocycles. The Morgan fingerprint density at radius 1 is 1.09 bits per heavy atom. The fourth-order valence-electron chi connectivity index (χ4n) is 3.19. The van der Waals surface area contributed by atoms with Crippen molar-refractivity contribution < 1.29 is 4.79 Å². The number of aryl methyl sites for hydroxylation is 1. The molecule has 7 nitrogen and oxygen atoms in total. The molecular formula is C15H26N6O. The number of hydrogen-bond acceptors (Lipinski definition) is 5. The molecule has 0 saturated carbocycles. The van der Waals surface area contributed by atoms with Gasteiger partial charge in [0.05, 0.1) is 13.1 Å². The first-order valence-electron chi connectivity index (χ1n) is 8.31. The largest absolute Gasteiger partial charge is 0.348 e. The van der Waals surface area contributed by atoms with E-state index in [1.165, 1.54) is 12.8 Å². The van der Waals surface area contributed by atoms with E-state index in [1.54, 1.807) is 0 Å². The Labute approximate surface area is 131 Å². The zero-order chi connectivity index (χ0) is 15.4. The number of hydrogen-bond donors (Lipinski definition) is 1. The molecule has 7 heteroatoms. The normalized spacial score (nSPS) is 20.4. The smallest absolute Gasteiger partial charge is 0.234 e. The fourth-order valence-corrected chi connectivity index (χ4v) is 3.19. The van der Waals surface area contributed by atoms with E-state index in [2.05, 4.69) is 36.9 Å². The third-order valence-corrected chi connectivity index (χ3v) is 4.56. The number of nitrogens with zero attached hydrogens (tertiary/aromatic N) is 5. The Bertz CT molecular complexity index is 514. The number of carbonyl (C=O) groups is 1. The van der Waals surface area contributed by atoms with Crippen molar-refractivity contribution in [1.29, 1.82) is 0 Å². The van der Waals surface area contributed by atoms with Gasteiger partial charge in [0.15, 0.2) is 5.82 Å². The SMILES string of the molecule is CN1CCCN(CC(=O)NCc2nnc3n2CCCC3)CC1. The molecule has 1 fully saturated rings. The van der Waals surface area contributed by atoms with E-state index in [-0.39, 0.29) is 5.91 Å². The van der Waals surface area contributed by atoms with Gasteiger partial charge in [-0.3, -0.25) is 9.69 Å². The molecule has 2 aliphatic rings. The molecule has 0 unspecified atom stereocenters. The third-order valence-electron chi connectivity index (χ3n) is 4.56. The molecule has 3 heterocycles. The van der Waals surface area contributed by atoms with Crippen molar-refractivity contribution in [2.75, 3.05) is 39.8 Å². The highest BCUT2D eigenvalue weighted by molar-refractivity contribution is 5.77. The van der Waals surface area contributed by atoms with E-state index in [1.807, 2.05) is 0 Å². The fraction of sp³-hybridized carbons (Fsp3) is 0.800. The van der Waals surface area contributed by atoms with Crippen LogP contribution in [0.4, 0.5) is 0 Å². The maximum Gasteiger partial charge on any atom is 0.234 e. The van der Waals surface area contributed by atoms with E-state index in [4.69, 9.17) is 0 Å². The number of rotatable bonds is 4. The average Bonchev–Trinajstić information content (AvgIpc) is 2.83. The first-order chi connectivity index (χ1) is 10.7. The van der Waals surface area contributed by atoms with Crippen LogP contribution in [0, 0.1) is 0 Å². The van der Waals surface area contributed by atoms with Crippen LogP contribution >= 0.6 is 0 Å². The molecule has 122 valence electrons. The average molecular weight is 306 g/mol. The van der Waals surface area contributed by atoms with Gasteiger partial charge in [-0.15, -0.1) is 10.2 Å². The molecule has 3 rings (SSSR count). The maximum atomic E-state index is 12.1. The molecule has 1 saturated heterocycles. The molecule has 1 amide bonds. The third kappa shape index (κ3) is 3.84. The summed E-state index contributed by atoms with van der Waals surface area (Å²) in [4.78, 5) is 16.7. The van der Waals surface area contributed by atoms with Gasteiger partial charge in [-0.25, -0.2) is 0 Å². The standard InChI is InChI=1S/C15H26N6O/c1-19-6-4-7-20(10-9-19)12-15(22)16-11-14-18-17-13-5-2-3-8-21(13)14/h2-12H2,1H3,(H,16,22). The Morgan fingerprint density at radius 2 is 2.00 bits per heavy atom. The lowest BCUT2D eigenvalue weighted by Crippen LogP contribution is -2.39. The molecule has 1 aromatic heterocycles. The van der Waals surface area contributed by atoms with Crippen LogP contribution in [0.5, 0.6) is 0 Å². The van der Waals surface area contributed by atoms with Crippen LogP contribution in [-0.4, -0.2) is 70.2 Å². The van der Waals surface area contributed by atoms with Crippen LogP contribution in [0.15, 0.2) is 0 Å². The Hall–Kier alpha value is -1.47. The number of carbonyl (C=O) groups excluding carboxylic acids is 1. The second-order valence-corrected chi connectivity index (χ2v) is 6.35. The summed E-state index contributed by atoms with van der Waals surface area (Å²) in [5.74, 6) is 2.03. The van der Waals surface area contributed by atoms with E-state index in [0.29, 0.717) is 13.1 Å². The van der Waals surface area contributed by atoms with Gasteiger partial charge in [-0.2, -0.15) is 0 Å². The molecule has 0 spiro atoms. The van der Waals surface area contributed by atoms with Crippen molar-refractivity contribution in [1.82, 2.24) is 29.9 Å². The van der Waals surface area contributed by atoms with Crippen LogP contribution in [-0.2, 0) is 24.3 Å². The zero-order valence-corrected chi connectivity index (χ0v) is 13.4. The van der Waals surface area contributed by atoms with Gasteiger partial charge in [0, 0.05) is 26.1 Å². The zero-order valence-electron chi connectivity index (χ0n) is 13.4. The molecule has 2 aliphatic heterocycles. The van der Waals surface area contributed by atoms with Gasteiger partial charge < -0.3 is 14.8 Å². The van der Waals surface area contributed by atoms with E-state index >= 15 is 0 Å². The molecule has 22 heavy (non-hydrogen) atoms. The number of amides is 1. The van der Waals surface area contributed by atoms with Crippen molar-refractivity contribution in [3.8, 4) is 0 Å². The number of fused-ring (bicyclic) bond motifs is 1. The van der Waals surface area contributed by atoms with Gasteiger partial charge >= 0.3 is 0 Å². The number of aromatic nitrogens is 3. The van der Waals surface area contributed by atoms with Crippen molar-refractivity contribution >= 4 is 5.91 Å². The van der Waals surface area contributed by atoms with Crippen LogP contribution in [0.3, 0.4) is 0 Å². The predicted octanol–water partition coefficient (Wildman–Crippen LogP) is -0.132. The van der Waals surface area contributed by atoms with Gasteiger partial charge in [0.25, 0.3) is 0 Å². The highest BCUT2D eigenvalue weighted by Crippen LogP contribution is 2.13. The minimum Gasteiger partial charge on any atom is -0.348 e. The van der Waals surface area contributed by atoms with E-state index < -0.39 is 0 Å². The monoisotopic (exact) mass is 306 g/mol. The first kappa shape index (κ1) is 15.4. The topological polar surface area (TPSA) is 66.3 Å². The van der Waals surface area contributed by atoms with Crippen LogP contribution in [0.2, 0.25) is 0 Å². The van der Waals surface area contributed by atoms with Crippen LogP contribution < -0.4 is 5.32 Å². The van der Waals surface area contributed by atoms with Gasteiger partial charge in [0.1, 0.15) is 5.82 Å². The minimum atomic E-state index is 0.0812.